The first-order valence-electron chi connectivity index (χ1n) is 6.95. The maximum atomic E-state index is 11.7. The van der Waals surface area contributed by atoms with Gasteiger partial charge in [-0.1, -0.05) is 20.3 Å². The van der Waals surface area contributed by atoms with Crippen LogP contribution in [0.25, 0.3) is 0 Å². The zero-order chi connectivity index (χ0) is 13.9. The first kappa shape index (κ1) is 17.9. The van der Waals surface area contributed by atoms with Crippen molar-refractivity contribution in [2.45, 2.75) is 39.5 Å². The van der Waals surface area contributed by atoms with Crippen LogP contribution in [-0.2, 0) is 14.6 Å². The standard InChI is InChI=1S/C13H29NO3S/c1-4-6-13(12-14-8-9-17-3)7-11-18(15,16)10-5-2/h13-14H,4-12H2,1-3H3. The van der Waals surface area contributed by atoms with E-state index in [-0.39, 0.29) is 0 Å². The average molecular weight is 279 g/mol. The van der Waals surface area contributed by atoms with Gasteiger partial charge in [0.25, 0.3) is 0 Å². The molecule has 5 heteroatoms. The molecule has 0 aliphatic heterocycles. The quantitative estimate of drug-likeness (QED) is 0.554. The number of hydrogen-bond donors (Lipinski definition) is 1. The van der Waals surface area contributed by atoms with Gasteiger partial charge < -0.3 is 10.1 Å². The fourth-order valence-electron chi connectivity index (χ4n) is 2.00. The molecule has 0 spiro atoms. The van der Waals surface area contributed by atoms with Crippen LogP contribution in [0.15, 0.2) is 0 Å². The van der Waals surface area contributed by atoms with Crippen molar-refractivity contribution >= 4 is 9.84 Å². The molecular weight excluding hydrogens is 250 g/mol. The topological polar surface area (TPSA) is 55.4 Å². The molecule has 18 heavy (non-hydrogen) atoms. The highest BCUT2D eigenvalue weighted by Gasteiger charge is 2.14. The molecular formula is C13H29NO3S. The third-order valence-corrected chi connectivity index (χ3v) is 4.85. The molecule has 0 heterocycles. The highest BCUT2D eigenvalue weighted by Crippen LogP contribution is 2.12. The zero-order valence-corrected chi connectivity index (χ0v) is 12.9. The Balaban J connectivity index is 3.95. The largest absolute Gasteiger partial charge is 0.383 e. The number of hydrogen-bond acceptors (Lipinski definition) is 4. The van der Waals surface area contributed by atoms with Crippen molar-refractivity contribution in [3.63, 3.8) is 0 Å². The van der Waals surface area contributed by atoms with Gasteiger partial charge >= 0.3 is 0 Å². The first-order chi connectivity index (χ1) is 8.55. The van der Waals surface area contributed by atoms with E-state index in [0.29, 0.717) is 30.5 Å². The van der Waals surface area contributed by atoms with Crippen molar-refractivity contribution in [1.29, 1.82) is 0 Å². The fraction of sp³-hybridized carbons (Fsp3) is 1.00. The second-order valence-electron chi connectivity index (χ2n) is 4.79. The second kappa shape index (κ2) is 10.8. The molecule has 0 aromatic heterocycles. The third kappa shape index (κ3) is 9.85. The average Bonchev–Trinajstić information content (AvgIpc) is 2.31. The van der Waals surface area contributed by atoms with E-state index >= 15 is 0 Å². The minimum Gasteiger partial charge on any atom is -0.383 e. The highest BCUT2D eigenvalue weighted by atomic mass is 32.2. The molecule has 0 saturated heterocycles. The van der Waals surface area contributed by atoms with Gasteiger partial charge in [-0.15, -0.1) is 0 Å². The summed E-state index contributed by atoms with van der Waals surface area (Å²) in [7, 11) is -1.15. The molecule has 0 amide bonds. The van der Waals surface area contributed by atoms with Crippen LogP contribution < -0.4 is 5.32 Å². The summed E-state index contributed by atoms with van der Waals surface area (Å²) in [5.74, 6) is 1.11. The smallest absolute Gasteiger partial charge is 0.150 e. The molecule has 1 unspecified atom stereocenters. The molecule has 4 nitrogen and oxygen atoms in total. The lowest BCUT2D eigenvalue weighted by molar-refractivity contribution is 0.197. The van der Waals surface area contributed by atoms with Gasteiger partial charge in [-0.2, -0.15) is 0 Å². The van der Waals surface area contributed by atoms with Gasteiger partial charge in [-0.25, -0.2) is 8.42 Å². The van der Waals surface area contributed by atoms with Gasteiger partial charge in [-0.3, -0.25) is 0 Å². The van der Waals surface area contributed by atoms with E-state index in [2.05, 4.69) is 12.2 Å². The van der Waals surface area contributed by atoms with E-state index in [0.717, 1.165) is 32.4 Å². The molecule has 0 bridgehead atoms. The van der Waals surface area contributed by atoms with Gasteiger partial charge in [0.05, 0.1) is 12.4 Å². The molecule has 0 aliphatic rings. The summed E-state index contributed by atoms with van der Waals surface area (Å²) in [5, 5.41) is 3.32. The second-order valence-corrected chi connectivity index (χ2v) is 7.10. The Hall–Kier alpha value is -0.130. The van der Waals surface area contributed by atoms with Crippen LogP contribution >= 0.6 is 0 Å². The molecule has 0 aliphatic carbocycles. The van der Waals surface area contributed by atoms with Gasteiger partial charge in [0.15, 0.2) is 0 Å². The normalized spacial score (nSPS) is 13.7. The van der Waals surface area contributed by atoms with Gasteiger partial charge in [0.1, 0.15) is 9.84 Å². The first-order valence-corrected chi connectivity index (χ1v) is 8.78. The lowest BCUT2D eigenvalue weighted by Gasteiger charge is -2.16. The fourth-order valence-corrected chi connectivity index (χ4v) is 3.52. The highest BCUT2D eigenvalue weighted by molar-refractivity contribution is 7.91. The lowest BCUT2D eigenvalue weighted by Crippen LogP contribution is -2.27. The van der Waals surface area contributed by atoms with Crippen LogP contribution in [0, 0.1) is 5.92 Å². The number of methoxy groups -OCH3 is 1. The summed E-state index contributed by atoms with van der Waals surface area (Å²) < 4.78 is 28.3. The van der Waals surface area contributed by atoms with Crippen molar-refractivity contribution in [1.82, 2.24) is 5.32 Å². The van der Waals surface area contributed by atoms with Crippen molar-refractivity contribution < 1.29 is 13.2 Å². The maximum Gasteiger partial charge on any atom is 0.150 e. The molecule has 0 rings (SSSR count). The van der Waals surface area contributed by atoms with E-state index < -0.39 is 9.84 Å². The van der Waals surface area contributed by atoms with E-state index in [9.17, 15) is 8.42 Å². The summed E-state index contributed by atoms with van der Waals surface area (Å²) in [6.45, 7) is 6.47. The molecule has 1 atom stereocenters. The Labute approximate surface area is 112 Å². The van der Waals surface area contributed by atoms with Gasteiger partial charge in [0, 0.05) is 19.4 Å². The van der Waals surface area contributed by atoms with Crippen LogP contribution in [0.5, 0.6) is 0 Å². The van der Waals surface area contributed by atoms with Crippen LogP contribution in [0.3, 0.4) is 0 Å². The van der Waals surface area contributed by atoms with Crippen molar-refractivity contribution in [2.75, 3.05) is 38.3 Å². The summed E-state index contributed by atoms with van der Waals surface area (Å²) in [6, 6.07) is 0. The van der Waals surface area contributed by atoms with E-state index in [1.165, 1.54) is 0 Å². The Morgan fingerprint density at radius 3 is 2.39 bits per heavy atom. The predicted molar refractivity (Wildman–Crippen MR) is 76.7 cm³/mol. The summed E-state index contributed by atoms with van der Waals surface area (Å²) in [5.41, 5.74) is 0. The molecule has 0 aromatic rings. The van der Waals surface area contributed by atoms with Gasteiger partial charge in [0.2, 0.25) is 0 Å². The summed E-state index contributed by atoms with van der Waals surface area (Å²) in [6.07, 6.45) is 3.68. The van der Waals surface area contributed by atoms with Gasteiger partial charge in [-0.05, 0) is 31.7 Å². The summed E-state index contributed by atoms with van der Waals surface area (Å²) in [4.78, 5) is 0. The molecule has 110 valence electrons. The van der Waals surface area contributed by atoms with Crippen molar-refractivity contribution in [3.05, 3.63) is 0 Å². The minimum absolute atomic E-state index is 0.322. The van der Waals surface area contributed by atoms with Crippen molar-refractivity contribution in [2.24, 2.45) is 5.92 Å². The van der Waals surface area contributed by atoms with Crippen LogP contribution in [0.2, 0.25) is 0 Å². The monoisotopic (exact) mass is 279 g/mol. The Kier molecular flexibility index (Phi) is 10.7. The van der Waals surface area contributed by atoms with Crippen molar-refractivity contribution in [3.8, 4) is 0 Å². The van der Waals surface area contributed by atoms with Crippen LogP contribution in [-0.4, -0.2) is 46.7 Å². The Bertz CT molecular complexity index is 278. The molecule has 1 N–H and O–H groups in total. The Morgan fingerprint density at radius 1 is 1.11 bits per heavy atom. The number of ether oxygens (including phenoxy) is 1. The molecule has 0 fully saturated rings. The van der Waals surface area contributed by atoms with E-state index in [1.807, 2.05) is 6.92 Å². The van der Waals surface area contributed by atoms with Crippen LogP contribution in [0.4, 0.5) is 0 Å². The number of nitrogens with one attached hydrogen (secondary N) is 1. The van der Waals surface area contributed by atoms with E-state index in [4.69, 9.17) is 4.74 Å². The Morgan fingerprint density at radius 2 is 1.83 bits per heavy atom. The molecule has 0 saturated carbocycles. The molecule has 0 radical (unpaired) electrons. The lowest BCUT2D eigenvalue weighted by atomic mass is 10.0. The third-order valence-electron chi connectivity index (χ3n) is 2.97. The minimum atomic E-state index is -2.83. The summed E-state index contributed by atoms with van der Waals surface area (Å²) >= 11 is 0. The predicted octanol–water partition coefficient (Wildman–Crippen LogP) is 1.85. The van der Waals surface area contributed by atoms with Crippen LogP contribution in [0.1, 0.15) is 39.5 Å². The van der Waals surface area contributed by atoms with E-state index in [1.54, 1.807) is 7.11 Å². The maximum absolute atomic E-state index is 11.7. The molecule has 0 aromatic carbocycles. The number of sulfone groups is 1. The SMILES string of the molecule is CCCC(CCS(=O)(=O)CCC)CNCCOC. The zero-order valence-electron chi connectivity index (χ0n) is 12.1. The number of rotatable bonds is 12.